The Morgan fingerprint density at radius 2 is 1.38 bits per heavy atom. The van der Waals surface area contributed by atoms with Crippen molar-refractivity contribution in [2.24, 2.45) is 0 Å². The van der Waals surface area contributed by atoms with Gasteiger partial charge in [0.25, 0.3) is 8.32 Å². The van der Waals surface area contributed by atoms with Crippen LogP contribution in [0.3, 0.4) is 0 Å². The Kier molecular flexibility index (Phi) is 10.1. The molecule has 0 spiro atoms. The lowest BCUT2D eigenvalue weighted by atomic mass is 10.2. The summed E-state index contributed by atoms with van der Waals surface area (Å²) in [4.78, 5) is 0. The maximum absolute atomic E-state index is 12.7. The van der Waals surface area contributed by atoms with Crippen molar-refractivity contribution in [1.82, 2.24) is 0 Å². The van der Waals surface area contributed by atoms with Crippen molar-refractivity contribution in [2.45, 2.75) is 53.0 Å². The van der Waals surface area contributed by atoms with Gasteiger partial charge in [0.2, 0.25) is 0 Å². The summed E-state index contributed by atoms with van der Waals surface area (Å²) >= 11 is 0. The van der Waals surface area contributed by atoms with E-state index in [-0.39, 0.29) is 5.04 Å². The summed E-state index contributed by atoms with van der Waals surface area (Å²) in [5.41, 5.74) is 1.12. The van der Waals surface area contributed by atoms with E-state index in [4.69, 9.17) is 13.5 Å². The molecule has 0 N–H and O–H groups in total. The summed E-state index contributed by atoms with van der Waals surface area (Å²) < 4.78 is 30.5. The van der Waals surface area contributed by atoms with Crippen molar-refractivity contribution >= 4 is 26.3 Å². The van der Waals surface area contributed by atoms with Crippen molar-refractivity contribution in [3.05, 3.63) is 72.3 Å². The molecule has 0 saturated carbocycles. The lowest BCUT2D eigenvalue weighted by Crippen LogP contribution is -2.66. The van der Waals surface area contributed by atoms with E-state index in [1.165, 1.54) is 10.4 Å². The Balaban J connectivity index is 2.28. The number of rotatable bonds is 12. The number of allylic oxidation sites excluding steroid dienone is 1. The van der Waals surface area contributed by atoms with Crippen molar-refractivity contribution in [3.63, 3.8) is 0 Å². The van der Waals surface area contributed by atoms with Crippen LogP contribution in [0.25, 0.3) is 0 Å². The van der Waals surface area contributed by atoms with Gasteiger partial charge >= 0.3 is 7.60 Å². The van der Waals surface area contributed by atoms with Gasteiger partial charge in [-0.25, -0.2) is 0 Å². The predicted octanol–water partition coefficient (Wildman–Crippen LogP) is 6.17. The van der Waals surface area contributed by atoms with E-state index in [9.17, 15) is 4.57 Å². The standard InChI is InChI=1S/C26H39O4PSi/c1-7-28-31(27,29-8-2)21-15-16-23(3)22-30-32(26(4,5)6,24-17-11-9-12-18-24)25-19-13-10-14-20-25/h9-14,16-20H,7-8,15,21-22H2,1-6H3. The highest BCUT2D eigenvalue weighted by atomic mass is 31.2. The van der Waals surface area contributed by atoms with Crippen molar-refractivity contribution in [3.8, 4) is 0 Å². The summed E-state index contributed by atoms with van der Waals surface area (Å²) in [5.74, 6) is 0. The molecular weight excluding hydrogens is 435 g/mol. The fraction of sp³-hybridized carbons (Fsp3) is 0.462. The molecule has 0 unspecified atom stereocenters. The van der Waals surface area contributed by atoms with E-state index < -0.39 is 15.9 Å². The third-order valence-corrected chi connectivity index (χ3v) is 12.6. The topological polar surface area (TPSA) is 44.8 Å². The van der Waals surface area contributed by atoms with Crippen LogP contribution in [0.5, 0.6) is 0 Å². The Bertz CT molecular complexity index is 842. The monoisotopic (exact) mass is 474 g/mol. The van der Waals surface area contributed by atoms with E-state index in [0.717, 1.165) is 5.57 Å². The van der Waals surface area contributed by atoms with Crippen molar-refractivity contribution in [2.75, 3.05) is 26.0 Å². The molecule has 176 valence electrons. The van der Waals surface area contributed by atoms with Crippen LogP contribution in [0, 0.1) is 0 Å². The average Bonchev–Trinajstić information content (AvgIpc) is 2.75. The van der Waals surface area contributed by atoms with Gasteiger partial charge < -0.3 is 13.5 Å². The number of hydrogen-bond acceptors (Lipinski definition) is 4. The normalized spacial score (nSPS) is 13.4. The Labute approximate surface area is 195 Å². The van der Waals surface area contributed by atoms with Gasteiger partial charge in [-0.2, -0.15) is 0 Å². The van der Waals surface area contributed by atoms with E-state index in [2.05, 4.69) is 94.4 Å². The van der Waals surface area contributed by atoms with Crippen LogP contribution in [0.15, 0.2) is 72.3 Å². The first kappa shape index (κ1) is 26.8. The average molecular weight is 475 g/mol. The summed E-state index contributed by atoms with van der Waals surface area (Å²) in [6.07, 6.45) is 3.11. The SMILES string of the molecule is CCOP(=O)(CCC=C(C)CO[Si](c1ccccc1)(c1ccccc1)C(C)(C)C)OCC. The molecule has 0 bridgehead atoms. The predicted molar refractivity (Wildman–Crippen MR) is 138 cm³/mol. The first-order chi connectivity index (χ1) is 15.2. The molecule has 4 nitrogen and oxygen atoms in total. The van der Waals surface area contributed by atoms with Crippen LogP contribution in [0.2, 0.25) is 5.04 Å². The highest BCUT2D eigenvalue weighted by Gasteiger charge is 2.50. The molecule has 0 aromatic heterocycles. The highest BCUT2D eigenvalue weighted by molar-refractivity contribution is 7.53. The van der Waals surface area contributed by atoms with Crippen molar-refractivity contribution in [1.29, 1.82) is 0 Å². The van der Waals surface area contributed by atoms with Crippen LogP contribution in [0.1, 0.15) is 48.0 Å². The molecule has 2 aromatic rings. The molecule has 0 aliphatic rings. The quantitative estimate of drug-likeness (QED) is 0.210. The van der Waals surface area contributed by atoms with Gasteiger partial charge in [-0.1, -0.05) is 93.1 Å². The molecule has 6 heteroatoms. The smallest absolute Gasteiger partial charge is 0.330 e. The van der Waals surface area contributed by atoms with Gasteiger partial charge in [0.1, 0.15) is 0 Å². The first-order valence-corrected chi connectivity index (χ1v) is 15.1. The minimum atomic E-state index is -3.03. The Morgan fingerprint density at radius 1 is 0.906 bits per heavy atom. The van der Waals surface area contributed by atoms with Crippen LogP contribution in [-0.4, -0.2) is 34.3 Å². The second kappa shape index (κ2) is 12.1. The van der Waals surface area contributed by atoms with Crippen LogP contribution >= 0.6 is 7.60 Å². The second-order valence-electron chi connectivity index (χ2n) is 8.96. The van der Waals surface area contributed by atoms with Gasteiger partial charge in [-0.3, -0.25) is 4.57 Å². The van der Waals surface area contributed by atoms with Crippen LogP contribution in [0.4, 0.5) is 0 Å². The van der Waals surface area contributed by atoms with Gasteiger partial charge in [-0.15, -0.1) is 0 Å². The highest BCUT2D eigenvalue weighted by Crippen LogP contribution is 2.48. The third-order valence-electron chi connectivity index (χ3n) is 5.48. The lowest BCUT2D eigenvalue weighted by molar-refractivity contribution is 0.220. The second-order valence-corrected chi connectivity index (χ2v) is 15.5. The minimum absolute atomic E-state index is 0.0599. The molecule has 32 heavy (non-hydrogen) atoms. The zero-order chi connectivity index (χ0) is 23.7. The lowest BCUT2D eigenvalue weighted by Gasteiger charge is -2.43. The number of hydrogen-bond donors (Lipinski definition) is 0. The van der Waals surface area contributed by atoms with Crippen LogP contribution < -0.4 is 10.4 Å². The van der Waals surface area contributed by atoms with Gasteiger partial charge in [0.15, 0.2) is 0 Å². The maximum Gasteiger partial charge on any atom is 0.330 e. The van der Waals surface area contributed by atoms with E-state index in [1.807, 2.05) is 13.8 Å². The van der Waals surface area contributed by atoms with Gasteiger partial charge in [-0.05, 0) is 42.6 Å². The Hall–Kier alpha value is -1.49. The van der Waals surface area contributed by atoms with E-state index in [1.54, 1.807) is 0 Å². The molecule has 0 fully saturated rings. The summed E-state index contributed by atoms with van der Waals surface area (Å²) in [7, 11) is -5.58. The molecular formula is C26H39O4PSi. The third kappa shape index (κ3) is 6.76. The summed E-state index contributed by atoms with van der Waals surface area (Å²) in [6, 6.07) is 21.3. The number of benzene rings is 2. The largest absolute Gasteiger partial charge is 0.403 e. The van der Waals surface area contributed by atoms with Crippen LogP contribution in [-0.2, 0) is 18.0 Å². The molecule has 0 atom stereocenters. The molecule has 2 rings (SSSR count). The molecule has 0 aliphatic carbocycles. The van der Waals surface area contributed by atoms with E-state index >= 15 is 0 Å². The molecule has 0 aliphatic heterocycles. The molecule has 2 aromatic carbocycles. The van der Waals surface area contributed by atoms with E-state index in [0.29, 0.717) is 32.4 Å². The fourth-order valence-corrected chi connectivity index (χ4v) is 10.2. The van der Waals surface area contributed by atoms with Gasteiger partial charge in [0.05, 0.1) is 26.0 Å². The molecule has 0 saturated heterocycles. The summed E-state index contributed by atoms with van der Waals surface area (Å²) in [6.45, 7) is 13.9. The van der Waals surface area contributed by atoms with Crippen molar-refractivity contribution < 1.29 is 18.0 Å². The molecule has 0 radical (unpaired) electrons. The maximum atomic E-state index is 12.7. The fourth-order valence-electron chi connectivity index (χ4n) is 4.07. The zero-order valence-electron chi connectivity index (χ0n) is 20.5. The molecule has 0 amide bonds. The minimum Gasteiger partial charge on any atom is -0.403 e. The zero-order valence-corrected chi connectivity index (χ0v) is 22.4. The summed E-state index contributed by atoms with van der Waals surface area (Å²) in [5, 5.41) is 2.47. The van der Waals surface area contributed by atoms with Gasteiger partial charge in [0, 0.05) is 0 Å². The molecule has 0 heterocycles. The Morgan fingerprint density at radius 3 is 1.78 bits per heavy atom. The first-order valence-electron chi connectivity index (χ1n) is 11.5.